The second-order valence-electron chi connectivity index (χ2n) is 5.95. The molecule has 1 amide bonds. The number of hydrogen-bond acceptors (Lipinski definition) is 2. The molecule has 0 radical (unpaired) electrons. The molecule has 1 aliphatic rings. The van der Waals surface area contributed by atoms with Crippen molar-refractivity contribution in [2.24, 2.45) is 11.7 Å². The second kappa shape index (κ2) is 7.85. The highest BCUT2D eigenvalue weighted by molar-refractivity contribution is 6.31. The maximum Gasteiger partial charge on any atom is 0.268 e. The Labute approximate surface area is 132 Å². The summed E-state index contributed by atoms with van der Waals surface area (Å²) in [5, 5.41) is 3.73. The van der Waals surface area contributed by atoms with E-state index in [0.717, 1.165) is 13.0 Å². The zero-order chi connectivity index (χ0) is 15.2. The molecule has 1 fully saturated rings. The molecule has 1 aliphatic carbocycles. The molecule has 3 N–H and O–H groups in total. The minimum atomic E-state index is -0.0589. The van der Waals surface area contributed by atoms with Crippen molar-refractivity contribution in [2.75, 3.05) is 6.54 Å². The van der Waals surface area contributed by atoms with Crippen molar-refractivity contribution in [1.29, 1.82) is 0 Å². The number of carbonyl (C=O) groups excluding carboxylic acids is 1. The van der Waals surface area contributed by atoms with Crippen LogP contribution in [0.5, 0.6) is 0 Å². The van der Waals surface area contributed by atoms with Gasteiger partial charge in [-0.25, -0.2) is 0 Å². The van der Waals surface area contributed by atoms with Crippen molar-refractivity contribution in [3.63, 3.8) is 0 Å². The summed E-state index contributed by atoms with van der Waals surface area (Å²) in [5.41, 5.74) is 6.52. The lowest BCUT2D eigenvalue weighted by Crippen LogP contribution is -2.46. The fourth-order valence-electron chi connectivity index (χ4n) is 3.24. The van der Waals surface area contributed by atoms with Crippen molar-refractivity contribution < 1.29 is 4.79 Å². The number of nitrogens with two attached hydrogens (primary N) is 1. The van der Waals surface area contributed by atoms with Gasteiger partial charge in [-0.1, -0.05) is 37.8 Å². The molecule has 0 aliphatic heterocycles. The average molecular weight is 312 g/mol. The first-order valence-corrected chi connectivity index (χ1v) is 8.40. The number of hydrogen-bond donors (Lipinski definition) is 2. The summed E-state index contributed by atoms with van der Waals surface area (Å²) in [4.78, 5) is 12.5. The Morgan fingerprint density at radius 2 is 2.19 bits per heavy atom. The lowest BCUT2D eigenvalue weighted by atomic mass is 9.84. The summed E-state index contributed by atoms with van der Waals surface area (Å²) in [6, 6.07) is 1.81. The molecule has 1 aromatic rings. The quantitative estimate of drug-likeness (QED) is 0.847. The molecule has 1 atom stereocenters. The number of carbonyl (C=O) groups is 1. The summed E-state index contributed by atoms with van der Waals surface area (Å²) >= 11 is 6.04. The number of nitrogens with zero attached hydrogens (tertiary/aromatic N) is 1. The lowest BCUT2D eigenvalue weighted by molar-refractivity contribution is 0.0906. The smallest absolute Gasteiger partial charge is 0.268 e. The topological polar surface area (TPSA) is 60.0 Å². The lowest BCUT2D eigenvalue weighted by Gasteiger charge is -2.30. The number of aromatic nitrogens is 1. The molecule has 0 saturated heterocycles. The van der Waals surface area contributed by atoms with E-state index >= 15 is 0 Å². The molecule has 21 heavy (non-hydrogen) atoms. The van der Waals surface area contributed by atoms with Gasteiger partial charge in [0.2, 0.25) is 0 Å². The van der Waals surface area contributed by atoms with Gasteiger partial charge in [-0.3, -0.25) is 4.79 Å². The first kappa shape index (κ1) is 16.4. The monoisotopic (exact) mass is 311 g/mol. The number of halogens is 1. The van der Waals surface area contributed by atoms with Crippen molar-refractivity contribution in [3.8, 4) is 0 Å². The van der Waals surface area contributed by atoms with Gasteiger partial charge in [0.05, 0.1) is 5.02 Å². The standard InChI is InChI=1S/C16H26ClN3O/c1-2-8-20-11-13(17)9-15(20)16(21)19-14(10-18)12-6-4-3-5-7-12/h9,11-12,14H,2-8,10,18H2,1H3,(H,19,21). The third-order valence-corrected chi connectivity index (χ3v) is 4.56. The molecular weight excluding hydrogens is 286 g/mol. The minimum absolute atomic E-state index is 0.0589. The van der Waals surface area contributed by atoms with Gasteiger partial charge >= 0.3 is 0 Å². The Hall–Kier alpha value is -1.00. The number of nitrogens with one attached hydrogen (secondary N) is 1. The molecule has 118 valence electrons. The van der Waals surface area contributed by atoms with E-state index < -0.39 is 0 Å². The van der Waals surface area contributed by atoms with Gasteiger partial charge < -0.3 is 15.6 Å². The summed E-state index contributed by atoms with van der Waals surface area (Å²) in [7, 11) is 0. The van der Waals surface area contributed by atoms with Crippen molar-refractivity contribution in [2.45, 2.75) is 58.0 Å². The summed E-state index contributed by atoms with van der Waals surface area (Å²) in [6.45, 7) is 3.38. The predicted octanol–water partition coefficient (Wildman–Crippen LogP) is 3.19. The van der Waals surface area contributed by atoms with Crippen LogP contribution in [0.1, 0.15) is 55.9 Å². The Bertz CT molecular complexity index is 466. The first-order chi connectivity index (χ1) is 10.2. The van der Waals surface area contributed by atoms with Crippen LogP contribution in [0.3, 0.4) is 0 Å². The molecule has 2 rings (SSSR count). The van der Waals surface area contributed by atoms with Crippen LogP contribution in [0.2, 0.25) is 5.02 Å². The van der Waals surface area contributed by atoms with Crippen LogP contribution < -0.4 is 11.1 Å². The number of rotatable bonds is 6. The van der Waals surface area contributed by atoms with E-state index in [1.165, 1.54) is 32.1 Å². The Balaban J connectivity index is 2.04. The molecule has 1 unspecified atom stereocenters. The Morgan fingerprint density at radius 3 is 2.81 bits per heavy atom. The summed E-state index contributed by atoms with van der Waals surface area (Å²) in [5.74, 6) is 0.453. The van der Waals surface area contributed by atoms with Gasteiger partial charge in [0.25, 0.3) is 5.91 Å². The highest BCUT2D eigenvalue weighted by atomic mass is 35.5. The van der Waals surface area contributed by atoms with Crippen LogP contribution in [-0.4, -0.2) is 23.1 Å². The third-order valence-electron chi connectivity index (χ3n) is 4.35. The van der Waals surface area contributed by atoms with Gasteiger partial charge in [-0.15, -0.1) is 0 Å². The SMILES string of the molecule is CCCn1cc(Cl)cc1C(=O)NC(CN)C1CCCCC1. The molecule has 1 heterocycles. The van der Waals surface area contributed by atoms with Crippen molar-refractivity contribution in [1.82, 2.24) is 9.88 Å². The highest BCUT2D eigenvalue weighted by Gasteiger charge is 2.25. The van der Waals surface area contributed by atoms with Crippen LogP contribution in [0, 0.1) is 5.92 Å². The molecule has 4 nitrogen and oxygen atoms in total. The van der Waals surface area contributed by atoms with Gasteiger partial charge in [0.15, 0.2) is 0 Å². The van der Waals surface area contributed by atoms with E-state index in [2.05, 4.69) is 12.2 Å². The maximum atomic E-state index is 12.5. The molecule has 1 saturated carbocycles. The van der Waals surface area contributed by atoms with Crippen molar-refractivity contribution in [3.05, 3.63) is 23.0 Å². The van der Waals surface area contributed by atoms with Gasteiger partial charge in [0, 0.05) is 25.3 Å². The van der Waals surface area contributed by atoms with E-state index in [9.17, 15) is 4.79 Å². The predicted molar refractivity (Wildman–Crippen MR) is 86.6 cm³/mol. The Morgan fingerprint density at radius 1 is 1.48 bits per heavy atom. The molecular formula is C16H26ClN3O. The number of aryl methyl sites for hydroxylation is 1. The fraction of sp³-hybridized carbons (Fsp3) is 0.688. The van der Waals surface area contributed by atoms with Crippen LogP contribution in [-0.2, 0) is 6.54 Å². The van der Waals surface area contributed by atoms with Gasteiger partial charge in [-0.2, -0.15) is 0 Å². The van der Waals surface area contributed by atoms with E-state index in [1.54, 1.807) is 6.07 Å². The normalized spacial score (nSPS) is 17.7. The molecule has 0 aromatic carbocycles. The van der Waals surface area contributed by atoms with E-state index in [-0.39, 0.29) is 11.9 Å². The van der Waals surface area contributed by atoms with E-state index in [0.29, 0.717) is 23.2 Å². The van der Waals surface area contributed by atoms with Crippen molar-refractivity contribution >= 4 is 17.5 Å². The van der Waals surface area contributed by atoms with E-state index in [4.69, 9.17) is 17.3 Å². The largest absolute Gasteiger partial charge is 0.346 e. The summed E-state index contributed by atoms with van der Waals surface area (Å²) in [6.07, 6.45) is 8.91. The minimum Gasteiger partial charge on any atom is -0.346 e. The van der Waals surface area contributed by atoms with Crippen LogP contribution >= 0.6 is 11.6 Å². The molecule has 1 aromatic heterocycles. The van der Waals surface area contributed by atoms with E-state index in [1.807, 2.05) is 10.8 Å². The maximum absolute atomic E-state index is 12.5. The molecule has 0 spiro atoms. The third kappa shape index (κ3) is 4.24. The average Bonchev–Trinajstić information content (AvgIpc) is 2.87. The second-order valence-corrected chi connectivity index (χ2v) is 6.39. The zero-order valence-corrected chi connectivity index (χ0v) is 13.5. The summed E-state index contributed by atoms with van der Waals surface area (Å²) < 4.78 is 1.92. The van der Waals surface area contributed by atoms with Crippen LogP contribution in [0.15, 0.2) is 12.3 Å². The first-order valence-electron chi connectivity index (χ1n) is 8.02. The Kier molecular flexibility index (Phi) is 6.12. The number of amides is 1. The fourth-order valence-corrected chi connectivity index (χ4v) is 3.46. The molecule has 0 bridgehead atoms. The van der Waals surface area contributed by atoms with Crippen LogP contribution in [0.25, 0.3) is 0 Å². The van der Waals surface area contributed by atoms with Gasteiger partial charge in [-0.05, 0) is 31.2 Å². The molecule has 5 heteroatoms. The van der Waals surface area contributed by atoms with Crippen LogP contribution in [0.4, 0.5) is 0 Å². The van der Waals surface area contributed by atoms with Gasteiger partial charge in [0.1, 0.15) is 5.69 Å². The zero-order valence-electron chi connectivity index (χ0n) is 12.8. The highest BCUT2D eigenvalue weighted by Crippen LogP contribution is 2.26.